The number of rotatable bonds is 5. The van der Waals surface area contributed by atoms with Crippen LogP contribution in [0.2, 0.25) is 10.0 Å². The average molecular weight is 488 g/mol. The molecule has 1 aliphatic heterocycles. The highest BCUT2D eigenvalue weighted by Crippen LogP contribution is 2.35. The van der Waals surface area contributed by atoms with Gasteiger partial charge in [-0.2, -0.15) is 0 Å². The molecular weight excluding hydrogens is 465 g/mol. The molecule has 1 aliphatic rings. The number of oxime groups is 1. The van der Waals surface area contributed by atoms with E-state index < -0.39 is 8.07 Å². The normalized spacial score (nSPS) is 18.0. The molecule has 0 N–H and O–H groups in total. The first kappa shape index (κ1) is 22.0. The third kappa shape index (κ3) is 3.70. The highest BCUT2D eigenvalue weighted by Gasteiger charge is 2.54. The predicted molar refractivity (Wildman–Crippen MR) is 141 cm³/mol. The van der Waals surface area contributed by atoms with Crippen LogP contribution in [-0.2, 0) is 4.84 Å². The summed E-state index contributed by atoms with van der Waals surface area (Å²) < 4.78 is 0. The van der Waals surface area contributed by atoms with Crippen LogP contribution < -0.4 is 15.6 Å². The molecule has 4 aromatic rings. The van der Waals surface area contributed by atoms with Gasteiger partial charge in [0, 0.05) is 11.5 Å². The number of hydrogen-bond acceptors (Lipinski definition) is 2. The van der Waals surface area contributed by atoms with Crippen molar-refractivity contribution in [3.63, 3.8) is 0 Å². The fraction of sp³-hybridized carbons (Fsp3) is 0.107. The largest absolute Gasteiger partial charge is 0.394 e. The highest BCUT2D eigenvalue weighted by molar-refractivity contribution is 7.12. The van der Waals surface area contributed by atoms with Gasteiger partial charge in [0.05, 0.1) is 15.8 Å². The lowest BCUT2D eigenvalue weighted by molar-refractivity contribution is 0.119. The maximum absolute atomic E-state index is 6.58. The zero-order chi connectivity index (χ0) is 22.8. The van der Waals surface area contributed by atoms with E-state index in [0.29, 0.717) is 10.0 Å². The molecule has 1 heterocycles. The highest BCUT2D eigenvalue weighted by atomic mass is 35.5. The molecule has 164 valence electrons. The Morgan fingerprint density at radius 1 is 0.636 bits per heavy atom. The Morgan fingerprint density at radius 3 is 1.48 bits per heavy atom. The Labute approximate surface area is 205 Å². The lowest BCUT2D eigenvalue weighted by atomic mass is 9.99. The topological polar surface area (TPSA) is 21.6 Å². The van der Waals surface area contributed by atoms with Crippen molar-refractivity contribution in [2.75, 3.05) is 0 Å². The predicted octanol–water partition coefficient (Wildman–Crippen LogP) is 5.44. The lowest BCUT2D eigenvalue weighted by Crippen LogP contribution is -2.75. The molecule has 0 saturated heterocycles. The van der Waals surface area contributed by atoms with Crippen LogP contribution in [0, 0.1) is 5.92 Å². The lowest BCUT2D eigenvalue weighted by Gasteiger charge is -2.39. The second-order valence-electron chi connectivity index (χ2n) is 8.29. The molecule has 33 heavy (non-hydrogen) atoms. The van der Waals surface area contributed by atoms with E-state index in [1.54, 1.807) is 0 Å². The molecule has 0 radical (unpaired) electrons. The van der Waals surface area contributed by atoms with Crippen molar-refractivity contribution in [3.05, 3.63) is 125 Å². The van der Waals surface area contributed by atoms with Gasteiger partial charge in [0.2, 0.25) is 0 Å². The first-order valence-corrected chi connectivity index (χ1v) is 13.8. The first-order chi connectivity index (χ1) is 16.1. The number of benzene rings is 4. The minimum absolute atomic E-state index is 0.0188. The Morgan fingerprint density at radius 2 is 1.06 bits per heavy atom. The summed E-state index contributed by atoms with van der Waals surface area (Å²) >= 11 is 13.2. The monoisotopic (exact) mass is 487 g/mol. The van der Waals surface area contributed by atoms with Crippen LogP contribution in [0.15, 0.2) is 114 Å². The van der Waals surface area contributed by atoms with E-state index in [-0.39, 0.29) is 11.6 Å². The molecule has 2 nitrogen and oxygen atoms in total. The van der Waals surface area contributed by atoms with Gasteiger partial charge in [0.25, 0.3) is 0 Å². The van der Waals surface area contributed by atoms with Gasteiger partial charge >= 0.3 is 0 Å². The molecule has 0 unspecified atom stereocenters. The van der Waals surface area contributed by atoms with E-state index in [0.717, 1.165) is 11.3 Å². The van der Waals surface area contributed by atoms with Crippen LogP contribution in [0.4, 0.5) is 0 Å². The van der Waals surface area contributed by atoms with E-state index in [1.807, 2.05) is 18.2 Å². The van der Waals surface area contributed by atoms with Gasteiger partial charge in [0.1, 0.15) is 5.73 Å². The van der Waals surface area contributed by atoms with Gasteiger partial charge < -0.3 is 4.84 Å². The van der Waals surface area contributed by atoms with Gasteiger partial charge in [-0.15, -0.1) is 0 Å². The molecule has 0 aromatic heterocycles. The van der Waals surface area contributed by atoms with Crippen LogP contribution in [-0.4, -0.2) is 19.5 Å². The van der Waals surface area contributed by atoms with Gasteiger partial charge in [0.15, 0.2) is 8.07 Å². The van der Waals surface area contributed by atoms with Crippen molar-refractivity contribution in [2.24, 2.45) is 11.1 Å². The van der Waals surface area contributed by atoms with Crippen LogP contribution in [0.25, 0.3) is 0 Å². The van der Waals surface area contributed by atoms with E-state index in [4.69, 9.17) is 28.0 Å². The molecule has 2 atom stereocenters. The van der Waals surface area contributed by atoms with E-state index in [1.165, 1.54) is 15.6 Å². The van der Waals surface area contributed by atoms with E-state index in [2.05, 4.69) is 103 Å². The second-order valence-corrected chi connectivity index (χ2v) is 13.0. The number of nitrogens with zero attached hydrogens (tertiary/aromatic N) is 1. The summed E-state index contributed by atoms with van der Waals surface area (Å²) in [5.74, 6) is -0.0188. The Bertz CT molecular complexity index is 1160. The number of hydrogen-bond donors (Lipinski definition) is 0. The zero-order valence-electron chi connectivity index (χ0n) is 18.2. The molecule has 0 fully saturated rings. The van der Waals surface area contributed by atoms with Crippen LogP contribution >= 0.6 is 23.2 Å². The Hall–Kier alpha value is -2.85. The quantitative estimate of drug-likeness (QED) is 0.271. The van der Waals surface area contributed by atoms with Gasteiger partial charge in [-0.1, -0.05) is 132 Å². The van der Waals surface area contributed by atoms with Crippen molar-refractivity contribution >= 4 is 52.5 Å². The van der Waals surface area contributed by atoms with Crippen LogP contribution in [0.5, 0.6) is 0 Å². The van der Waals surface area contributed by atoms with Crippen molar-refractivity contribution in [2.45, 2.75) is 12.7 Å². The smallest absolute Gasteiger partial charge is 0.198 e. The van der Waals surface area contributed by atoms with Crippen LogP contribution in [0.3, 0.4) is 0 Å². The molecule has 4 aromatic carbocycles. The zero-order valence-corrected chi connectivity index (χ0v) is 20.7. The Balaban J connectivity index is 1.74. The van der Waals surface area contributed by atoms with Crippen molar-refractivity contribution < 1.29 is 4.84 Å². The summed E-state index contributed by atoms with van der Waals surface area (Å²) in [6, 6.07) is 37.7. The molecule has 5 heteroatoms. The molecule has 0 aliphatic carbocycles. The third-order valence-electron chi connectivity index (χ3n) is 6.48. The summed E-state index contributed by atoms with van der Waals surface area (Å²) in [5, 5.41) is 9.62. The fourth-order valence-corrected chi connectivity index (χ4v) is 10.8. The second kappa shape index (κ2) is 9.18. The summed E-state index contributed by atoms with van der Waals surface area (Å²) in [7, 11) is -2.69. The molecule has 0 saturated carbocycles. The first-order valence-electron chi connectivity index (χ1n) is 11.0. The minimum atomic E-state index is -2.69. The van der Waals surface area contributed by atoms with Gasteiger partial charge in [-0.05, 0) is 27.7 Å². The molecule has 0 bridgehead atoms. The standard InChI is InChI=1S/C28H23Cl2NOSi/c1-20-27(26-24(29)18-11-19-25(26)30)31-32-28(20)33(21-12-5-2-6-13-21,22-14-7-3-8-15-22)23-16-9-4-10-17-23/h2-20,28H,1H3/t20-,28-/m0/s1. The SMILES string of the molecule is C[C@H]1C(c2c(Cl)cccc2Cl)=NO[C@H]1[Si](c1ccccc1)(c1ccccc1)c1ccccc1. The molecule has 5 rings (SSSR count). The summed E-state index contributed by atoms with van der Waals surface area (Å²) in [6.07, 6.45) is 0. The van der Waals surface area contributed by atoms with Gasteiger partial charge in [-0.25, -0.2) is 0 Å². The summed E-state index contributed by atoms with van der Waals surface area (Å²) in [6.45, 7) is 2.17. The molecule has 0 amide bonds. The van der Waals surface area contributed by atoms with Crippen LogP contribution in [0.1, 0.15) is 12.5 Å². The van der Waals surface area contributed by atoms with E-state index in [9.17, 15) is 0 Å². The Kier molecular flexibility index (Phi) is 6.11. The van der Waals surface area contributed by atoms with Crippen molar-refractivity contribution in [1.29, 1.82) is 0 Å². The van der Waals surface area contributed by atoms with Gasteiger partial charge in [-0.3, -0.25) is 0 Å². The maximum Gasteiger partial charge on any atom is 0.198 e. The third-order valence-corrected chi connectivity index (χ3v) is 12.3. The summed E-state index contributed by atoms with van der Waals surface area (Å²) in [4.78, 5) is 6.40. The van der Waals surface area contributed by atoms with E-state index >= 15 is 0 Å². The summed E-state index contributed by atoms with van der Waals surface area (Å²) in [5.41, 5.74) is 1.38. The fourth-order valence-electron chi connectivity index (χ4n) is 5.00. The minimum Gasteiger partial charge on any atom is -0.394 e. The molecular formula is C28H23Cl2NOSi. The maximum atomic E-state index is 6.58. The molecule has 0 spiro atoms. The number of halogens is 2. The van der Waals surface area contributed by atoms with Crippen molar-refractivity contribution in [1.82, 2.24) is 0 Å². The average Bonchev–Trinajstić information content (AvgIpc) is 3.23. The van der Waals surface area contributed by atoms with Crippen molar-refractivity contribution in [3.8, 4) is 0 Å².